The lowest BCUT2D eigenvalue weighted by Gasteiger charge is -2.41. The Labute approximate surface area is 278 Å². The van der Waals surface area contributed by atoms with E-state index in [9.17, 15) is 24.3 Å². The minimum atomic E-state index is -1.36. The Balaban J connectivity index is 1.91. The number of hydrogen-bond acceptors (Lipinski definition) is 7. The van der Waals surface area contributed by atoms with Gasteiger partial charge < -0.3 is 20.2 Å². The fraction of sp³-hybridized carbons (Fsp3) is 0.312. The molecule has 0 saturated carbocycles. The second-order valence-electron chi connectivity index (χ2n) is 11.5. The Hall–Kier alpha value is -4.11. The number of rotatable bonds is 5. The van der Waals surface area contributed by atoms with Crippen LogP contribution in [0.15, 0.2) is 41.4 Å². The maximum atomic E-state index is 15.5. The van der Waals surface area contributed by atoms with Crippen molar-refractivity contribution in [2.45, 2.75) is 39.8 Å². The van der Waals surface area contributed by atoms with Crippen LogP contribution in [0.25, 0.3) is 28.0 Å². The molecule has 0 aliphatic carbocycles. The number of carbonyl (C=O) groups excluding carboxylic acids is 1. The molecular weight excluding hydrogens is 661 g/mol. The van der Waals surface area contributed by atoms with Crippen molar-refractivity contribution in [3.8, 4) is 23.1 Å². The second kappa shape index (κ2) is 12.6. The molecule has 0 spiro atoms. The van der Waals surface area contributed by atoms with Gasteiger partial charge in [-0.25, -0.2) is 13.8 Å². The van der Waals surface area contributed by atoms with E-state index in [-0.39, 0.29) is 70.5 Å². The number of fused-ring (bicyclic) bond motifs is 1. The van der Waals surface area contributed by atoms with Gasteiger partial charge in [0, 0.05) is 31.1 Å². The molecule has 5 rings (SSSR count). The summed E-state index contributed by atoms with van der Waals surface area (Å²) >= 11 is 18.6. The molecule has 2 aromatic heterocycles. The van der Waals surface area contributed by atoms with Crippen LogP contribution >= 0.6 is 34.8 Å². The van der Waals surface area contributed by atoms with Gasteiger partial charge in [0.05, 0.1) is 33.7 Å². The average Bonchev–Trinajstić information content (AvgIpc) is 3.02. The van der Waals surface area contributed by atoms with E-state index < -0.39 is 44.6 Å². The highest BCUT2D eigenvalue weighted by Gasteiger charge is 2.34. The molecular formula is C32H29Cl3F2N6O3. The molecule has 2 N–H and O–H groups in total. The fourth-order valence-corrected chi connectivity index (χ4v) is 6.72. The van der Waals surface area contributed by atoms with E-state index in [1.165, 1.54) is 16.7 Å². The number of phenolic OH excluding ortho intramolecular Hbond substituents is 1. The number of aromatic nitrogens is 2. The van der Waals surface area contributed by atoms with Gasteiger partial charge in [0.25, 0.3) is 5.56 Å². The van der Waals surface area contributed by atoms with E-state index in [0.29, 0.717) is 11.3 Å². The minimum Gasteiger partial charge on any atom is -0.505 e. The minimum absolute atomic E-state index is 0.0110. The van der Waals surface area contributed by atoms with Crippen molar-refractivity contribution in [3.05, 3.63) is 79.2 Å². The number of aromatic hydroxyl groups is 1. The molecule has 0 radical (unpaired) electrons. The van der Waals surface area contributed by atoms with Gasteiger partial charge in [-0.3, -0.25) is 14.2 Å². The molecule has 14 heteroatoms. The summed E-state index contributed by atoms with van der Waals surface area (Å²) in [4.78, 5) is 35.0. The lowest BCUT2D eigenvalue weighted by atomic mass is 9.94. The molecule has 0 bridgehead atoms. The summed E-state index contributed by atoms with van der Waals surface area (Å²) < 4.78 is 31.3. The number of anilines is 1. The normalized spacial score (nSPS) is 18.3. The molecule has 1 unspecified atom stereocenters. The third-order valence-electron chi connectivity index (χ3n) is 8.28. The number of benzene rings is 1. The average molecular weight is 690 g/mol. The molecule has 1 aromatic carbocycles. The zero-order chi connectivity index (χ0) is 33.8. The zero-order valence-corrected chi connectivity index (χ0v) is 27.5. The Morgan fingerprint density at radius 1 is 1.24 bits per heavy atom. The number of pyridine rings is 2. The van der Waals surface area contributed by atoms with Gasteiger partial charge in [-0.1, -0.05) is 55.2 Å². The van der Waals surface area contributed by atoms with Crippen molar-refractivity contribution in [1.29, 1.82) is 5.26 Å². The number of nitrogens with zero attached hydrogens (tertiary/aromatic N) is 5. The summed E-state index contributed by atoms with van der Waals surface area (Å²) in [5, 5.41) is 22.7. The Morgan fingerprint density at radius 3 is 2.54 bits per heavy atom. The van der Waals surface area contributed by atoms with E-state index in [4.69, 9.17) is 34.8 Å². The number of nitriles is 1. The smallest absolute Gasteiger partial charge is 0.276 e. The number of nitrogens with one attached hydrogen (secondary N) is 1. The van der Waals surface area contributed by atoms with Gasteiger partial charge in [0.2, 0.25) is 5.91 Å². The predicted molar refractivity (Wildman–Crippen MR) is 176 cm³/mol. The van der Waals surface area contributed by atoms with Crippen LogP contribution in [0.1, 0.15) is 33.3 Å². The molecule has 2 atom stereocenters. The van der Waals surface area contributed by atoms with E-state index in [1.807, 2.05) is 25.7 Å². The SMILES string of the molecule is C=CC(=O)N1CCN(c2c(C#N)c(=O)n(C3=C(C)C=CNC3C(C)C)c3nc(-c4c(O)c(Cl)c(F)c(Cl)c4F)c(Cl)cc23)C[C@H]1C. The standard InChI is InChI=1S/C32H29Cl3F2N6O3/c1-6-20(44)42-10-9-41(13-16(42)5)29-17-11-19(33)27(21-24(36)22(34)25(37)23(35)30(21)45)40-31(17)43(32(46)18(29)12-38)28-15(4)7-8-39-26(28)14(2)3/h6-8,11,14,16,26,39,45H,1,9-10,13H2,2-5H3/t16-,26?/m1/s1. The number of carbonyl (C=O) groups is 1. The number of piperazine rings is 1. The van der Waals surface area contributed by atoms with Crippen molar-refractivity contribution in [2.75, 3.05) is 24.5 Å². The van der Waals surface area contributed by atoms with Crippen molar-refractivity contribution in [3.63, 3.8) is 0 Å². The van der Waals surface area contributed by atoms with Crippen molar-refractivity contribution >= 4 is 63.1 Å². The zero-order valence-electron chi connectivity index (χ0n) is 25.3. The molecule has 1 fully saturated rings. The molecule has 2 aliphatic rings. The van der Waals surface area contributed by atoms with Crippen LogP contribution in [0.4, 0.5) is 14.5 Å². The largest absolute Gasteiger partial charge is 0.505 e. The summed E-state index contributed by atoms with van der Waals surface area (Å²) in [6.07, 6.45) is 4.75. The third-order valence-corrected chi connectivity index (χ3v) is 9.25. The Kier molecular flexibility index (Phi) is 9.10. The van der Waals surface area contributed by atoms with Crippen LogP contribution in [-0.4, -0.2) is 57.2 Å². The van der Waals surface area contributed by atoms with Crippen LogP contribution in [0.3, 0.4) is 0 Å². The lowest BCUT2D eigenvalue weighted by Crippen LogP contribution is -2.54. The lowest BCUT2D eigenvalue weighted by molar-refractivity contribution is -0.128. The second-order valence-corrected chi connectivity index (χ2v) is 12.6. The van der Waals surface area contributed by atoms with Crippen LogP contribution in [-0.2, 0) is 4.79 Å². The number of amides is 1. The van der Waals surface area contributed by atoms with Gasteiger partial charge >= 0.3 is 0 Å². The molecule has 46 heavy (non-hydrogen) atoms. The first kappa shape index (κ1) is 33.3. The summed E-state index contributed by atoms with van der Waals surface area (Å²) in [6.45, 7) is 11.9. The first-order valence-corrected chi connectivity index (χ1v) is 15.4. The van der Waals surface area contributed by atoms with Gasteiger partial charge in [-0.15, -0.1) is 0 Å². The van der Waals surface area contributed by atoms with Crippen LogP contribution in [0.2, 0.25) is 15.1 Å². The van der Waals surface area contributed by atoms with Gasteiger partial charge in [0.15, 0.2) is 11.6 Å². The van der Waals surface area contributed by atoms with Gasteiger partial charge in [-0.2, -0.15) is 5.26 Å². The summed E-state index contributed by atoms with van der Waals surface area (Å²) in [7, 11) is 0. The van der Waals surface area contributed by atoms with E-state index >= 15 is 4.39 Å². The van der Waals surface area contributed by atoms with Crippen LogP contribution in [0, 0.1) is 28.9 Å². The number of phenols is 1. The number of hydrogen-bond donors (Lipinski definition) is 2. The summed E-state index contributed by atoms with van der Waals surface area (Å²) in [5.74, 6) is -3.98. The third kappa shape index (κ3) is 5.28. The molecule has 1 amide bonds. The fourth-order valence-electron chi connectivity index (χ4n) is 6.05. The number of halogens is 5. The topological polar surface area (TPSA) is 114 Å². The van der Waals surface area contributed by atoms with E-state index in [2.05, 4.69) is 22.9 Å². The van der Waals surface area contributed by atoms with Gasteiger partial charge in [0.1, 0.15) is 33.1 Å². The quantitative estimate of drug-likeness (QED) is 0.179. The number of allylic oxidation sites excluding steroid dienone is 2. The van der Waals surface area contributed by atoms with Crippen LogP contribution < -0.4 is 15.8 Å². The maximum Gasteiger partial charge on any atom is 0.276 e. The van der Waals surface area contributed by atoms with Crippen LogP contribution in [0.5, 0.6) is 5.75 Å². The van der Waals surface area contributed by atoms with Crippen molar-refractivity contribution in [2.24, 2.45) is 5.92 Å². The highest BCUT2D eigenvalue weighted by atomic mass is 35.5. The summed E-state index contributed by atoms with van der Waals surface area (Å²) in [6, 6.07) is 2.77. The monoisotopic (exact) mass is 688 g/mol. The Morgan fingerprint density at radius 2 is 1.93 bits per heavy atom. The molecule has 2 aliphatic heterocycles. The molecule has 3 aromatic rings. The Bertz CT molecular complexity index is 1960. The summed E-state index contributed by atoms with van der Waals surface area (Å²) in [5.41, 5.74) is -0.489. The highest BCUT2D eigenvalue weighted by molar-refractivity contribution is 6.37. The van der Waals surface area contributed by atoms with Crippen molar-refractivity contribution < 1.29 is 18.7 Å². The molecule has 240 valence electrons. The first-order chi connectivity index (χ1) is 21.7. The van der Waals surface area contributed by atoms with Crippen molar-refractivity contribution in [1.82, 2.24) is 19.8 Å². The molecule has 4 heterocycles. The van der Waals surface area contributed by atoms with E-state index in [1.54, 1.807) is 24.1 Å². The maximum absolute atomic E-state index is 15.5. The molecule has 1 saturated heterocycles. The van der Waals surface area contributed by atoms with E-state index in [0.717, 1.165) is 0 Å². The highest BCUT2D eigenvalue weighted by Crippen LogP contribution is 2.46. The number of dihydropyridines is 1. The predicted octanol–water partition coefficient (Wildman–Crippen LogP) is 6.47. The first-order valence-electron chi connectivity index (χ1n) is 14.3. The molecule has 9 nitrogen and oxygen atoms in total. The van der Waals surface area contributed by atoms with Gasteiger partial charge in [-0.05, 0) is 49.8 Å².